The summed E-state index contributed by atoms with van der Waals surface area (Å²) >= 11 is 0. The van der Waals surface area contributed by atoms with Gasteiger partial charge in [-0.2, -0.15) is 0 Å². The average molecular weight is 412 g/mol. The summed E-state index contributed by atoms with van der Waals surface area (Å²) in [5.41, 5.74) is 0.526. The molecule has 0 aliphatic carbocycles. The van der Waals surface area contributed by atoms with E-state index in [-0.39, 0.29) is 17.8 Å². The molecule has 0 aliphatic rings. The molecule has 0 unspecified atom stereocenters. The molecule has 0 saturated carbocycles. The van der Waals surface area contributed by atoms with Crippen molar-refractivity contribution >= 4 is 17.5 Å². The van der Waals surface area contributed by atoms with Gasteiger partial charge in [0.15, 0.2) is 0 Å². The van der Waals surface area contributed by atoms with Crippen LogP contribution >= 0.6 is 0 Å². The number of nitrogens with zero attached hydrogens (tertiary/aromatic N) is 1. The van der Waals surface area contributed by atoms with Crippen molar-refractivity contribution in [2.75, 3.05) is 33.1 Å². The van der Waals surface area contributed by atoms with E-state index in [0.717, 1.165) is 12.1 Å². The number of ether oxygens (including phenoxy) is 3. The number of halogens is 3. The maximum absolute atomic E-state index is 12.6. The normalized spacial score (nSPS) is 10.8. The van der Waals surface area contributed by atoms with Crippen LogP contribution in [0.5, 0.6) is 17.2 Å². The number of hydrogen-bond acceptors (Lipinski definition) is 5. The molecule has 0 fully saturated rings. The molecule has 0 aliphatic heterocycles. The van der Waals surface area contributed by atoms with Crippen LogP contribution in [-0.4, -0.2) is 50.9 Å². The van der Waals surface area contributed by atoms with Gasteiger partial charge in [0.25, 0.3) is 5.91 Å². The van der Waals surface area contributed by atoms with E-state index in [0.29, 0.717) is 11.5 Å². The number of methoxy groups -OCH3 is 2. The maximum Gasteiger partial charge on any atom is 0.573 e. The van der Waals surface area contributed by atoms with Crippen molar-refractivity contribution in [2.45, 2.75) is 6.36 Å². The molecule has 10 heteroatoms. The van der Waals surface area contributed by atoms with Gasteiger partial charge in [0.05, 0.1) is 20.8 Å². The third-order valence-corrected chi connectivity index (χ3v) is 3.70. The Labute approximate surface area is 165 Å². The molecule has 2 amide bonds. The number of carbonyl (C=O) groups is 2. The van der Waals surface area contributed by atoms with E-state index in [1.807, 2.05) is 0 Å². The summed E-state index contributed by atoms with van der Waals surface area (Å²) in [6.45, 7) is -0.279. The number of alkyl halides is 3. The predicted octanol–water partition coefficient (Wildman–Crippen LogP) is 3.31. The van der Waals surface area contributed by atoms with Crippen molar-refractivity contribution in [3.8, 4) is 17.2 Å². The van der Waals surface area contributed by atoms with E-state index in [2.05, 4.69) is 10.1 Å². The van der Waals surface area contributed by atoms with Gasteiger partial charge in [0.2, 0.25) is 5.91 Å². The number of benzene rings is 2. The Kier molecular flexibility index (Phi) is 6.92. The fraction of sp³-hybridized carbons (Fsp3) is 0.263. The van der Waals surface area contributed by atoms with Crippen molar-refractivity contribution in [3.05, 3.63) is 48.0 Å². The van der Waals surface area contributed by atoms with Gasteiger partial charge in [-0.3, -0.25) is 9.59 Å². The van der Waals surface area contributed by atoms with Crippen LogP contribution in [0.2, 0.25) is 0 Å². The molecule has 0 spiro atoms. The summed E-state index contributed by atoms with van der Waals surface area (Å²) in [6.07, 6.45) is -4.80. The van der Waals surface area contributed by atoms with Crippen LogP contribution in [0.25, 0.3) is 0 Å². The molecule has 1 N–H and O–H groups in total. The topological polar surface area (TPSA) is 77.1 Å². The smallest absolute Gasteiger partial charge is 0.497 e. The van der Waals surface area contributed by atoms with E-state index in [1.54, 1.807) is 6.07 Å². The lowest BCUT2D eigenvalue weighted by molar-refractivity contribution is -0.274. The van der Waals surface area contributed by atoms with Crippen LogP contribution in [0.1, 0.15) is 10.4 Å². The summed E-state index contributed by atoms with van der Waals surface area (Å²) in [7, 11) is 4.34. The molecule has 2 aromatic rings. The van der Waals surface area contributed by atoms with Gasteiger partial charge < -0.3 is 24.4 Å². The van der Waals surface area contributed by atoms with Crippen molar-refractivity contribution in [3.63, 3.8) is 0 Å². The van der Waals surface area contributed by atoms with Crippen LogP contribution in [0.15, 0.2) is 42.5 Å². The highest BCUT2D eigenvalue weighted by molar-refractivity contribution is 5.99. The fourth-order valence-electron chi connectivity index (χ4n) is 2.38. The molecular weight excluding hydrogens is 393 g/mol. The summed E-state index contributed by atoms with van der Waals surface area (Å²) in [4.78, 5) is 25.9. The zero-order chi connectivity index (χ0) is 21.6. The summed E-state index contributed by atoms with van der Waals surface area (Å²) < 4.78 is 50.5. The van der Waals surface area contributed by atoms with Crippen LogP contribution in [0, 0.1) is 0 Å². The second-order valence-corrected chi connectivity index (χ2v) is 5.88. The van der Waals surface area contributed by atoms with Crippen LogP contribution in [-0.2, 0) is 4.79 Å². The molecule has 7 nitrogen and oxygen atoms in total. The van der Waals surface area contributed by atoms with Crippen molar-refractivity contribution in [1.29, 1.82) is 0 Å². The molecule has 156 valence electrons. The van der Waals surface area contributed by atoms with Crippen molar-refractivity contribution in [1.82, 2.24) is 4.90 Å². The Morgan fingerprint density at radius 2 is 1.52 bits per heavy atom. The standard InChI is InChI=1S/C19H19F3N2O5/c1-24(18(26)12-8-15(27-2)10-16(9-12)28-3)11-17(25)23-13-4-6-14(7-5-13)29-19(20,21)22/h4-10H,11H2,1-3H3,(H,23,25). The molecule has 2 rings (SSSR count). The highest BCUT2D eigenvalue weighted by Gasteiger charge is 2.31. The molecular formula is C19H19F3N2O5. The highest BCUT2D eigenvalue weighted by Crippen LogP contribution is 2.25. The first-order valence-electron chi connectivity index (χ1n) is 8.25. The minimum absolute atomic E-state index is 0.258. The summed E-state index contributed by atoms with van der Waals surface area (Å²) in [5.74, 6) is -0.528. The molecule has 0 bridgehead atoms. The van der Waals surface area contributed by atoms with E-state index in [9.17, 15) is 22.8 Å². The van der Waals surface area contributed by atoms with E-state index in [1.165, 1.54) is 50.4 Å². The van der Waals surface area contributed by atoms with Gasteiger partial charge in [-0.05, 0) is 36.4 Å². The number of anilines is 1. The van der Waals surface area contributed by atoms with E-state index >= 15 is 0 Å². The first-order valence-corrected chi connectivity index (χ1v) is 8.25. The minimum Gasteiger partial charge on any atom is -0.497 e. The minimum atomic E-state index is -4.80. The van der Waals surface area contributed by atoms with Crippen molar-refractivity contribution in [2.24, 2.45) is 0 Å². The number of likely N-dealkylation sites (N-methyl/N-ethyl adjacent to an activating group) is 1. The quantitative estimate of drug-likeness (QED) is 0.755. The Hall–Kier alpha value is -3.43. The van der Waals surface area contributed by atoms with E-state index in [4.69, 9.17) is 9.47 Å². The zero-order valence-electron chi connectivity index (χ0n) is 15.9. The van der Waals surface area contributed by atoms with Gasteiger partial charge >= 0.3 is 6.36 Å². The SMILES string of the molecule is COc1cc(OC)cc(C(=O)N(C)CC(=O)Nc2ccc(OC(F)(F)F)cc2)c1. The Balaban J connectivity index is 1.99. The number of carbonyl (C=O) groups excluding carboxylic acids is 2. The predicted molar refractivity (Wildman–Crippen MR) is 98.3 cm³/mol. The molecule has 0 aromatic heterocycles. The average Bonchev–Trinajstić information content (AvgIpc) is 2.67. The fourth-order valence-corrected chi connectivity index (χ4v) is 2.38. The van der Waals surface area contributed by atoms with Gasteiger partial charge in [-0.15, -0.1) is 13.2 Å². The molecule has 29 heavy (non-hydrogen) atoms. The number of rotatable bonds is 7. The zero-order valence-corrected chi connectivity index (χ0v) is 15.9. The number of amides is 2. The van der Waals surface area contributed by atoms with Crippen LogP contribution in [0.3, 0.4) is 0 Å². The molecule has 2 aromatic carbocycles. The van der Waals surface area contributed by atoms with Gasteiger partial charge in [-0.1, -0.05) is 0 Å². The second kappa shape index (κ2) is 9.18. The highest BCUT2D eigenvalue weighted by atomic mass is 19.4. The first kappa shape index (κ1) is 21.9. The van der Waals surface area contributed by atoms with Gasteiger partial charge in [0.1, 0.15) is 17.2 Å². The molecule has 0 heterocycles. The molecule has 0 atom stereocenters. The Morgan fingerprint density at radius 3 is 2.00 bits per heavy atom. The largest absolute Gasteiger partial charge is 0.573 e. The molecule has 0 radical (unpaired) electrons. The first-order chi connectivity index (χ1) is 13.6. The number of hydrogen-bond donors (Lipinski definition) is 1. The summed E-state index contributed by atoms with van der Waals surface area (Å²) in [6, 6.07) is 9.29. The number of nitrogens with one attached hydrogen (secondary N) is 1. The maximum atomic E-state index is 12.6. The molecule has 0 saturated heterocycles. The third kappa shape index (κ3) is 6.59. The van der Waals surface area contributed by atoms with Gasteiger partial charge in [0, 0.05) is 24.4 Å². The monoisotopic (exact) mass is 412 g/mol. The lowest BCUT2D eigenvalue weighted by atomic mass is 10.1. The van der Waals surface area contributed by atoms with Crippen LogP contribution in [0.4, 0.5) is 18.9 Å². The van der Waals surface area contributed by atoms with Crippen LogP contribution < -0.4 is 19.5 Å². The van der Waals surface area contributed by atoms with Gasteiger partial charge in [-0.25, -0.2) is 0 Å². The third-order valence-electron chi connectivity index (χ3n) is 3.70. The Morgan fingerprint density at radius 1 is 0.966 bits per heavy atom. The van der Waals surface area contributed by atoms with E-state index < -0.39 is 23.9 Å². The summed E-state index contributed by atoms with van der Waals surface area (Å²) in [5, 5.41) is 2.50. The lowest BCUT2D eigenvalue weighted by Crippen LogP contribution is -2.34. The lowest BCUT2D eigenvalue weighted by Gasteiger charge is -2.18. The van der Waals surface area contributed by atoms with Crippen molar-refractivity contribution < 1.29 is 37.0 Å². The second-order valence-electron chi connectivity index (χ2n) is 5.88. The Bertz CT molecular complexity index is 847.